The zero-order valence-corrected chi connectivity index (χ0v) is 17.2. The number of β-amino-alcohol motifs (C(OH)–C–C–N with tert-alkyl or cyclic N) is 1. The molecule has 0 aliphatic carbocycles. The molecule has 160 valence electrons. The summed E-state index contributed by atoms with van der Waals surface area (Å²) in [5.41, 5.74) is 2.51. The van der Waals surface area contributed by atoms with Gasteiger partial charge in [0.05, 0.1) is 0 Å². The highest BCUT2D eigenvalue weighted by molar-refractivity contribution is 5.76. The molecule has 0 spiro atoms. The summed E-state index contributed by atoms with van der Waals surface area (Å²) in [5.74, 6) is 1.43. The Labute approximate surface area is 177 Å². The number of carbonyl (C=O) groups is 1. The first-order chi connectivity index (χ1) is 14.7. The second-order valence-corrected chi connectivity index (χ2v) is 8.18. The number of ether oxygens (including phenoxy) is 1. The molecule has 3 heterocycles. The fourth-order valence-corrected chi connectivity index (χ4v) is 4.03. The Morgan fingerprint density at radius 2 is 1.87 bits per heavy atom. The maximum atomic E-state index is 11.4. The van der Waals surface area contributed by atoms with Gasteiger partial charge in [-0.05, 0) is 35.4 Å². The number of likely N-dealkylation sites (tertiary alicyclic amines) is 1. The predicted octanol–water partition coefficient (Wildman–Crippen LogP) is 1.24. The molecule has 1 aromatic heterocycles. The van der Waals surface area contributed by atoms with Crippen molar-refractivity contribution in [3.8, 4) is 5.75 Å². The van der Waals surface area contributed by atoms with E-state index in [9.17, 15) is 9.90 Å². The van der Waals surface area contributed by atoms with E-state index >= 15 is 0 Å². The van der Waals surface area contributed by atoms with Crippen LogP contribution in [-0.2, 0) is 11.3 Å². The lowest BCUT2D eigenvalue weighted by atomic mass is 9.92. The Hall–Kier alpha value is -2.48. The van der Waals surface area contributed by atoms with E-state index in [-0.39, 0.29) is 12.5 Å². The van der Waals surface area contributed by atoms with Gasteiger partial charge in [-0.3, -0.25) is 19.6 Å². The van der Waals surface area contributed by atoms with Crippen molar-refractivity contribution in [2.24, 2.45) is 0 Å². The summed E-state index contributed by atoms with van der Waals surface area (Å²) in [6, 6.07) is 12.1. The number of amides is 1. The second kappa shape index (κ2) is 10.0. The van der Waals surface area contributed by atoms with Gasteiger partial charge in [-0.1, -0.05) is 12.1 Å². The number of benzene rings is 1. The fourth-order valence-electron chi connectivity index (χ4n) is 4.03. The summed E-state index contributed by atoms with van der Waals surface area (Å²) in [6.45, 7) is 6.03. The lowest BCUT2D eigenvalue weighted by Gasteiger charge is -2.40. The predicted molar refractivity (Wildman–Crippen MR) is 114 cm³/mol. The average molecular weight is 411 g/mol. The number of carbonyl (C=O) groups excluding carboxylic acids is 1. The van der Waals surface area contributed by atoms with Crippen LogP contribution in [0.5, 0.6) is 5.75 Å². The lowest BCUT2D eigenvalue weighted by molar-refractivity contribution is -0.120. The van der Waals surface area contributed by atoms with Gasteiger partial charge in [0.15, 0.2) is 0 Å². The van der Waals surface area contributed by atoms with Crippen molar-refractivity contribution < 1.29 is 14.6 Å². The number of aliphatic hydroxyl groups excluding tert-OH is 1. The molecule has 0 saturated carbocycles. The molecule has 2 fully saturated rings. The molecule has 2 aliphatic rings. The molecule has 0 bridgehead atoms. The van der Waals surface area contributed by atoms with Crippen LogP contribution in [0, 0.1) is 0 Å². The molecule has 4 rings (SSSR count). The van der Waals surface area contributed by atoms with Gasteiger partial charge in [0.2, 0.25) is 5.91 Å². The normalized spacial score (nSPS) is 19.6. The van der Waals surface area contributed by atoms with Crippen LogP contribution in [-0.4, -0.2) is 77.8 Å². The van der Waals surface area contributed by atoms with E-state index in [2.05, 4.69) is 44.4 Å². The van der Waals surface area contributed by atoms with E-state index in [1.54, 1.807) is 0 Å². The van der Waals surface area contributed by atoms with Gasteiger partial charge in [-0.2, -0.15) is 0 Å². The van der Waals surface area contributed by atoms with Gasteiger partial charge in [0, 0.05) is 70.5 Å². The third-order valence-electron chi connectivity index (χ3n) is 5.78. The van der Waals surface area contributed by atoms with Crippen molar-refractivity contribution in [3.63, 3.8) is 0 Å². The number of aliphatic hydroxyl groups is 1. The van der Waals surface area contributed by atoms with Crippen LogP contribution >= 0.6 is 0 Å². The Morgan fingerprint density at radius 3 is 2.63 bits per heavy atom. The molecule has 7 nitrogen and oxygen atoms in total. The van der Waals surface area contributed by atoms with Gasteiger partial charge in [0.1, 0.15) is 18.5 Å². The van der Waals surface area contributed by atoms with Gasteiger partial charge in [-0.15, -0.1) is 0 Å². The van der Waals surface area contributed by atoms with Crippen LogP contribution < -0.4 is 10.1 Å². The molecule has 1 unspecified atom stereocenters. The minimum absolute atomic E-state index is 0.130. The topological polar surface area (TPSA) is 77.9 Å². The summed E-state index contributed by atoms with van der Waals surface area (Å²) in [7, 11) is 0. The van der Waals surface area contributed by atoms with Gasteiger partial charge >= 0.3 is 0 Å². The minimum atomic E-state index is -0.509. The van der Waals surface area contributed by atoms with E-state index in [0.29, 0.717) is 25.4 Å². The molecule has 0 radical (unpaired) electrons. The first-order valence-electron chi connectivity index (χ1n) is 10.7. The first-order valence-corrected chi connectivity index (χ1v) is 10.7. The zero-order chi connectivity index (χ0) is 20.8. The molecule has 1 amide bonds. The largest absolute Gasteiger partial charge is 0.491 e. The third-order valence-corrected chi connectivity index (χ3v) is 5.78. The van der Waals surface area contributed by atoms with Crippen molar-refractivity contribution in [1.82, 2.24) is 20.1 Å². The summed E-state index contributed by atoms with van der Waals surface area (Å²) >= 11 is 0. The highest BCUT2D eigenvalue weighted by atomic mass is 16.5. The number of hydrogen-bond acceptors (Lipinski definition) is 6. The van der Waals surface area contributed by atoms with Crippen molar-refractivity contribution in [3.05, 3.63) is 59.9 Å². The monoisotopic (exact) mass is 410 g/mol. The number of hydrogen-bond donors (Lipinski definition) is 2. The molecule has 1 atom stereocenters. The summed E-state index contributed by atoms with van der Waals surface area (Å²) in [6.07, 6.45) is 3.71. The quantitative estimate of drug-likeness (QED) is 0.682. The minimum Gasteiger partial charge on any atom is -0.491 e. The summed E-state index contributed by atoms with van der Waals surface area (Å²) in [5, 5.41) is 13.2. The Morgan fingerprint density at radius 1 is 1.10 bits per heavy atom. The molecular weight excluding hydrogens is 380 g/mol. The fraction of sp³-hybridized carbons (Fsp3) is 0.478. The van der Waals surface area contributed by atoms with Crippen molar-refractivity contribution >= 4 is 5.91 Å². The maximum Gasteiger partial charge on any atom is 0.221 e. The molecule has 30 heavy (non-hydrogen) atoms. The van der Waals surface area contributed by atoms with Crippen LogP contribution in [0.4, 0.5) is 0 Å². The van der Waals surface area contributed by atoms with Crippen LogP contribution in [0.2, 0.25) is 0 Å². The van der Waals surface area contributed by atoms with Crippen LogP contribution in [0.1, 0.15) is 23.5 Å². The van der Waals surface area contributed by atoms with E-state index in [4.69, 9.17) is 4.74 Å². The van der Waals surface area contributed by atoms with Gasteiger partial charge < -0.3 is 15.2 Å². The van der Waals surface area contributed by atoms with Gasteiger partial charge in [0.25, 0.3) is 0 Å². The smallest absolute Gasteiger partial charge is 0.221 e. The molecule has 2 N–H and O–H groups in total. The number of nitrogens with zero attached hydrogens (tertiary/aromatic N) is 3. The average Bonchev–Trinajstić information content (AvgIpc) is 2.94. The van der Waals surface area contributed by atoms with E-state index in [0.717, 1.165) is 38.5 Å². The molecule has 2 aliphatic heterocycles. The third kappa shape index (κ3) is 5.78. The van der Waals surface area contributed by atoms with E-state index in [1.165, 1.54) is 11.1 Å². The number of rotatable bonds is 8. The van der Waals surface area contributed by atoms with Crippen LogP contribution in [0.3, 0.4) is 0 Å². The molecule has 7 heteroatoms. The molecule has 1 aromatic carbocycles. The Bertz CT molecular complexity index is 809. The summed E-state index contributed by atoms with van der Waals surface area (Å²) < 4.78 is 5.77. The Balaban J connectivity index is 1.16. The van der Waals surface area contributed by atoms with Crippen LogP contribution in [0.25, 0.3) is 0 Å². The summed E-state index contributed by atoms with van der Waals surface area (Å²) in [4.78, 5) is 20.0. The second-order valence-electron chi connectivity index (χ2n) is 8.18. The standard InChI is InChI=1S/C23H30N4O3/c28-21(16-27-14-20(15-27)19-5-8-24-9-6-19)17-30-22-3-1-18(2-4-22)13-26-11-7-23(29)25-10-12-26/h1-6,8-9,20-21,28H,7,10-17H2,(H,25,29). The first kappa shape index (κ1) is 20.8. The van der Waals surface area contributed by atoms with Crippen LogP contribution in [0.15, 0.2) is 48.8 Å². The molecular formula is C23H30N4O3. The zero-order valence-electron chi connectivity index (χ0n) is 17.2. The molecule has 2 aromatic rings. The highest BCUT2D eigenvalue weighted by Gasteiger charge is 2.29. The van der Waals surface area contributed by atoms with Crippen molar-refractivity contribution in [2.75, 3.05) is 45.9 Å². The van der Waals surface area contributed by atoms with Crippen molar-refractivity contribution in [1.29, 1.82) is 0 Å². The van der Waals surface area contributed by atoms with Crippen molar-refractivity contribution in [2.45, 2.75) is 25.0 Å². The number of aromatic nitrogens is 1. The lowest BCUT2D eigenvalue weighted by Crippen LogP contribution is -2.49. The van der Waals surface area contributed by atoms with Gasteiger partial charge in [-0.25, -0.2) is 0 Å². The highest BCUT2D eigenvalue weighted by Crippen LogP contribution is 2.26. The van der Waals surface area contributed by atoms with E-state index < -0.39 is 6.10 Å². The number of nitrogens with one attached hydrogen (secondary N) is 1. The molecule has 2 saturated heterocycles. The Kier molecular flexibility index (Phi) is 6.94. The number of pyridine rings is 1. The van der Waals surface area contributed by atoms with E-state index in [1.807, 2.05) is 24.5 Å². The maximum absolute atomic E-state index is 11.4. The SMILES string of the molecule is O=C1CCN(Cc2ccc(OCC(O)CN3CC(c4ccncc4)C3)cc2)CCN1.